The molecule has 0 saturated heterocycles. The highest BCUT2D eigenvalue weighted by Gasteiger charge is 2.29. The molecule has 5 rings (SSSR count). The van der Waals surface area contributed by atoms with E-state index >= 15 is 0 Å². The van der Waals surface area contributed by atoms with E-state index in [0.29, 0.717) is 39.8 Å². The summed E-state index contributed by atoms with van der Waals surface area (Å²) in [5, 5.41) is 19.7. The number of carbonyl (C=O) groups is 2. The first kappa shape index (κ1) is 25.0. The number of nitrogens with zero attached hydrogens (tertiary/aromatic N) is 2. The predicted octanol–water partition coefficient (Wildman–Crippen LogP) is 6.44. The Morgan fingerprint density at radius 1 is 1.08 bits per heavy atom. The van der Waals surface area contributed by atoms with E-state index in [1.807, 2.05) is 30.3 Å². The molecule has 1 N–H and O–H groups in total. The molecule has 1 atom stereocenters. The molecule has 2 heterocycles. The third-order valence-electron chi connectivity index (χ3n) is 6.26. The highest BCUT2D eigenvalue weighted by Crippen LogP contribution is 2.39. The van der Waals surface area contributed by atoms with Crippen LogP contribution in [0.5, 0.6) is 17.2 Å². The third-order valence-corrected chi connectivity index (χ3v) is 6.51. The first-order chi connectivity index (χ1) is 18.4. The van der Waals surface area contributed by atoms with Crippen LogP contribution in [0, 0.1) is 11.3 Å². The van der Waals surface area contributed by atoms with Gasteiger partial charge in [0, 0.05) is 33.5 Å². The predicted molar refractivity (Wildman–Crippen MR) is 141 cm³/mol. The van der Waals surface area contributed by atoms with Crippen LogP contribution < -0.4 is 9.47 Å². The van der Waals surface area contributed by atoms with Gasteiger partial charge in [0.1, 0.15) is 23.3 Å². The monoisotopic (exact) mass is 524 g/mol. The lowest BCUT2D eigenvalue weighted by Gasteiger charge is -2.24. The molecule has 0 fully saturated rings. The Kier molecular flexibility index (Phi) is 7.07. The summed E-state index contributed by atoms with van der Waals surface area (Å²) in [5.74, 6) is -0.730. The SMILES string of the molecule is N#Cc1cc2c(cc1Oc1ccc(C(=O)Cc3cccc(-c4ccc(Cl)cc4)n3)cc1)OCCC2C(=O)O. The van der Waals surface area contributed by atoms with Crippen molar-refractivity contribution in [3.05, 3.63) is 106 Å². The van der Waals surface area contributed by atoms with E-state index in [1.54, 1.807) is 42.5 Å². The van der Waals surface area contributed by atoms with Gasteiger partial charge in [0.15, 0.2) is 5.78 Å². The van der Waals surface area contributed by atoms with Gasteiger partial charge in [0.2, 0.25) is 0 Å². The first-order valence-corrected chi connectivity index (χ1v) is 12.3. The zero-order valence-electron chi connectivity index (χ0n) is 20.1. The van der Waals surface area contributed by atoms with E-state index < -0.39 is 11.9 Å². The lowest BCUT2D eigenvalue weighted by molar-refractivity contribution is -0.139. The number of ketones is 1. The van der Waals surface area contributed by atoms with E-state index in [2.05, 4.69) is 11.1 Å². The van der Waals surface area contributed by atoms with Crippen LogP contribution in [-0.2, 0) is 11.2 Å². The number of aromatic nitrogens is 1. The van der Waals surface area contributed by atoms with Crippen LogP contribution in [0.4, 0.5) is 0 Å². The standard InChI is InChI=1S/C30H21ClN2O5/c31-21-8-4-18(5-9-21)26-3-1-2-22(33-26)15-27(34)19-6-10-23(11-7-19)38-28-16-29-25(14-20(28)17-32)24(30(35)36)12-13-37-29/h1-11,14,16,24H,12-13,15H2,(H,35,36). The fraction of sp³-hybridized carbons (Fsp3) is 0.133. The second-order valence-electron chi connectivity index (χ2n) is 8.77. The number of carboxylic acid groups (broad SMARTS) is 1. The average Bonchev–Trinajstić information content (AvgIpc) is 2.93. The Hall–Kier alpha value is -4.67. The number of carboxylic acids is 1. The molecule has 0 aliphatic carbocycles. The van der Waals surface area contributed by atoms with Gasteiger partial charge in [-0.2, -0.15) is 5.26 Å². The number of hydrogen-bond acceptors (Lipinski definition) is 6. The molecular formula is C30H21ClN2O5. The fourth-order valence-corrected chi connectivity index (χ4v) is 4.43. The molecule has 0 bridgehead atoms. The minimum atomic E-state index is -0.959. The largest absolute Gasteiger partial charge is 0.493 e. The average molecular weight is 525 g/mol. The Labute approximate surface area is 223 Å². The molecule has 1 unspecified atom stereocenters. The molecule has 8 heteroatoms. The molecule has 188 valence electrons. The third kappa shape index (κ3) is 5.36. The van der Waals surface area contributed by atoms with Gasteiger partial charge in [-0.1, -0.05) is 29.8 Å². The molecule has 0 spiro atoms. The van der Waals surface area contributed by atoms with Crippen molar-refractivity contribution in [2.24, 2.45) is 0 Å². The van der Waals surface area contributed by atoms with Crippen LogP contribution in [0.25, 0.3) is 11.3 Å². The van der Waals surface area contributed by atoms with Crippen LogP contribution >= 0.6 is 11.6 Å². The second-order valence-corrected chi connectivity index (χ2v) is 9.21. The minimum absolute atomic E-state index is 0.100. The number of benzene rings is 3. The van der Waals surface area contributed by atoms with Crippen LogP contribution in [0.2, 0.25) is 5.02 Å². The number of pyridine rings is 1. The number of Topliss-reactive ketones (excluding diaryl/α,β-unsaturated/α-hetero) is 1. The van der Waals surface area contributed by atoms with Crippen molar-refractivity contribution in [3.8, 4) is 34.6 Å². The number of ether oxygens (including phenoxy) is 2. The summed E-state index contributed by atoms with van der Waals surface area (Å²) in [6.07, 6.45) is 0.469. The number of halogens is 1. The zero-order chi connectivity index (χ0) is 26.6. The van der Waals surface area contributed by atoms with Gasteiger partial charge in [-0.25, -0.2) is 0 Å². The van der Waals surface area contributed by atoms with Gasteiger partial charge in [0.05, 0.1) is 30.2 Å². The zero-order valence-corrected chi connectivity index (χ0v) is 20.8. The molecule has 1 aliphatic rings. The summed E-state index contributed by atoms with van der Waals surface area (Å²) < 4.78 is 11.5. The highest BCUT2D eigenvalue weighted by molar-refractivity contribution is 6.30. The van der Waals surface area contributed by atoms with E-state index in [-0.39, 0.29) is 30.1 Å². The number of aliphatic carboxylic acids is 1. The summed E-state index contributed by atoms with van der Waals surface area (Å²) in [4.78, 5) is 29.1. The number of carbonyl (C=O) groups excluding carboxylic acids is 1. The molecule has 38 heavy (non-hydrogen) atoms. The van der Waals surface area contributed by atoms with Crippen molar-refractivity contribution in [1.82, 2.24) is 4.98 Å². The molecule has 0 saturated carbocycles. The fourth-order valence-electron chi connectivity index (χ4n) is 4.31. The number of nitriles is 1. The van der Waals surface area contributed by atoms with Gasteiger partial charge in [-0.05, 0) is 61.0 Å². The highest BCUT2D eigenvalue weighted by atomic mass is 35.5. The normalized spacial score (nSPS) is 14.1. The van der Waals surface area contributed by atoms with Crippen molar-refractivity contribution in [2.75, 3.05) is 6.61 Å². The summed E-state index contributed by atoms with van der Waals surface area (Å²) in [5.41, 5.74) is 3.47. The second kappa shape index (κ2) is 10.8. The smallest absolute Gasteiger partial charge is 0.311 e. The maximum Gasteiger partial charge on any atom is 0.311 e. The first-order valence-electron chi connectivity index (χ1n) is 11.9. The number of rotatable bonds is 7. The van der Waals surface area contributed by atoms with E-state index in [0.717, 1.165) is 11.3 Å². The molecule has 3 aromatic carbocycles. The van der Waals surface area contributed by atoms with Crippen molar-refractivity contribution in [3.63, 3.8) is 0 Å². The summed E-state index contributed by atoms with van der Waals surface area (Å²) in [6, 6.07) is 24.6. The molecule has 0 amide bonds. The maximum atomic E-state index is 12.9. The summed E-state index contributed by atoms with van der Waals surface area (Å²) in [6.45, 7) is 0.267. The van der Waals surface area contributed by atoms with Gasteiger partial charge < -0.3 is 14.6 Å². The van der Waals surface area contributed by atoms with Crippen molar-refractivity contribution in [2.45, 2.75) is 18.8 Å². The van der Waals surface area contributed by atoms with Gasteiger partial charge in [-0.15, -0.1) is 0 Å². The summed E-state index contributed by atoms with van der Waals surface area (Å²) >= 11 is 5.97. The number of hydrogen-bond donors (Lipinski definition) is 1. The van der Waals surface area contributed by atoms with Gasteiger partial charge in [-0.3, -0.25) is 14.6 Å². The Morgan fingerprint density at radius 2 is 1.84 bits per heavy atom. The van der Waals surface area contributed by atoms with Crippen LogP contribution in [0.15, 0.2) is 78.9 Å². The van der Waals surface area contributed by atoms with Crippen molar-refractivity contribution in [1.29, 1.82) is 5.26 Å². The Morgan fingerprint density at radius 3 is 2.55 bits per heavy atom. The minimum Gasteiger partial charge on any atom is -0.493 e. The molecule has 1 aliphatic heterocycles. The van der Waals surface area contributed by atoms with Crippen LogP contribution in [0.1, 0.15) is 39.5 Å². The number of fused-ring (bicyclic) bond motifs is 1. The topological polar surface area (TPSA) is 110 Å². The summed E-state index contributed by atoms with van der Waals surface area (Å²) in [7, 11) is 0. The Bertz CT molecular complexity index is 1560. The molecule has 0 radical (unpaired) electrons. The maximum absolute atomic E-state index is 12.9. The Balaban J connectivity index is 1.30. The van der Waals surface area contributed by atoms with Crippen molar-refractivity contribution < 1.29 is 24.2 Å². The lowest BCUT2D eigenvalue weighted by Crippen LogP contribution is -2.21. The van der Waals surface area contributed by atoms with E-state index in [4.69, 9.17) is 21.1 Å². The van der Waals surface area contributed by atoms with Gasteiger partial charge in [0.25, 0.3) is 0 Å². The van der Waals surface area contributed by atoms with Crippen LogP contribution in [-0.4, -0.2) is 28.4 Å². The quantitative estimate of drug-likeness (QED) is 0.277. The van der Waals surface area contributed by atoms with Crippen LogP contribution in [0.3, 0.4) is 0 Å². The molecule has 7 nitrogen and oxygen atoms in total. The molecular weight excluding hydrogens is 504 g/mol. The van der Waals surface area contributed by atoms with E-state index in [9.17, 15) is 20.0 Å². The van der Waals surface area contributed by atoms with E-state index in [1.165, 1.54) is 6.07 Å². The lowest BCUT2D eigenvalue weighted by atomic mass is 9.91. The molecule has 4 aromatic rings. The van der Waals surface area contributed by atoms with Gasteiger partial charge >= 0.3 is 5.97 Å². The molecule has 1 aromatic heterocycles. The van der Waals surface area contributed by atoms with Crippen molar-refractivity contribution >= 4 is 23.4 Å².